The van der Waals surface area contributed by atoms with Gasteiger partial charge in [0.2, 0.25) is 0 Å². The summed E-state index contributed by atoms with van der Waals surface area (Å²) in [6.45, 7) is 3.61. The van der Waals surface area contributed by atoms with Crippen LogP contribution in [-0.4, -0.2) is 0 Å². The van der Waals surface area contributed by atoms with Crippen LogP contribution in [0.4, 0.5) is 8.78 Å². The third-order valence-corrected chi connectivity index (χ3v) is 2.54. The van der Waals surface area contributed by atoms with Crippen molar-refractivity contribution in [2.45, 2.75) is 13.8 Å². The molecule has 0 aliphatic heterocycles. The maximum absolute atomic E-state index is 13.7. The number of halogens is 3. The highest BCUT2D eigenvalue weighted by atomic mass is 35.5. The highest BCUT2D eigenvalue weighted by molar-refractivity contribution is 5.85. The lowest BCUT2D eigenvalue weighted by atomic mass is 10.0. The van der Waals surface area contributed by atoms with Crippen LogP contribution in [0.2, 0.25) is 0 Å². The van der Waals surface area contributed by atoms with Crippen LogP contribution in [0.3, 0.4) is 0 Å². The minimum absolute atomic E-state index is 0. The Morgan fingerprint density at radius 2 is 1.06 bits per heavy atom. The Hall–Kier alpha value is -1.41. The maximum Gasteiger partial charge on any atom is 0.131 e. The molecule has 2 aromatic rings. The van der Waals surface area contributed by atoms with Gasteiger partial charge in [0.05, 0.1) is 0 Å². The smallest absolute Gasteiger partial charge is 0.131 e. The second kappa shape index (κ2) is 5.28. The second-order valence-corrected chi connectivity index (χ2v) is 3.97. The molecule has 0 N–H and O–H groups in total. The molecule has 0 nitrogen and oxygen atoms in total. The Bertz CT molecular complexity index is 486. The molecule has 0 amide bonds. The molecule has 0 aliphatic carbocycles. The molecule has 0 atom stereocenters. The summed E-state index contributed by atoms with van der Waals surface area (Å²) in [6.07, 6.45) is 0. The van der Waals surface area contributed by atoms with Crippen LogP contribution < -0.4 is 0 Å². The van der Waals surface area contributed by atoms with E-state index in [4.69, 9.17) is 0 Å². The van der Waals surface area contributed by atoms with Crippen molar-refractivity contribution in [3.8, 4) is 11.1 Å². The van der Waals surface area contributed by atoms with Crippen molar-refractivity contribution in [2.75, 3.05) is 0 Å². The fraction of sp³-hybridized carbons (Fsp3) is 0.143. The van der Waals surface area contributed by atoms with Gasteiger partial charge < -0.3 is 0 Å². The van der Waals surface area contributed by atoms with Gasteiger partial charge in [-0.15, -0.1) is 12.4 Å². The standard InChI is InChI=1S/C14H12F2.ClH/c1-9-3-5-11(13(15)7-9)12-6-4-10(2)8-14(12)16;/h3-8H,1-2H3;1H. The summed E-state index contributed by atoms with van der Waals surface area (Å²) < 4.78 is 27.3. The van der Waals surface area contributed by atoms with Crippen LogP contribution in [0.25, 0.3) is 11.1 Å². The number of hydrogen-bond acceptors (Lipinski definition) is 0. The minimum Gasteiger partial charge on any atom is -0.206 e. The Labute approximate surface area is 106 Å². The van der Waals surface area contributed by atoms with Crippen molar-refractivity contribution < 1.29 is 8.78 Å². The van der Waals surface area contributed by atoms with Crippen LogP contribution in [0.1, 0.15) is 11.1 Å². The Morgan fingerprint density at radius 1 is 0.706 bits per heavy atom. The highest BCUT2D eigenvalue weighted by Gasteiger charge is 2.09. The first-order chi connectivity index (χ1) is 7.58. The average Bonchev–Trinajstić information content (AvgIpc) is 2.19. The monoisotopic (exact) mass is 254 g/mol. The minimum atomic E-state index is -0.386. The molecule has 0 saturated carbocycles. The van der Waals surface area contributed by atoms with E-state index in [0.717, 1.165) is 11.1 Å². The predicted molar refractivity (Wildman–Crippen MR) is 68.5 cm³/mol. The van der Waals surface area contributed by atoms with Gasteiger partial charge in [0.1, 0.15) is 11.6 Å². The largest absolute Gasteiger partial charge is 0.206 e. The summed E-state index contributed by atoms with van der Waals surface area (Å²) in [5, 5.41) is 0. The SMILES string of the molecule is Cc1ccc(-c2ccc(C)cc2F)c(F)c1.Cl. The Kier molecular flexibility index (Phi) is 4.24. The molecule has 0 unspecified atom stereocenters. The van der Waals surface area contributed by atoms with E-state index < -0.39 is 0 Å². The molecule has 0 spiro atoms. The lowest BCUT2D eigenvalue weighted by Gasteiger charge is -2.06. The molecule has 0 heterocycles. The molecule has 0 radical (unpaired) electrons. The van der Waals surface area contributed by atoms with E-state index in [1.165, 1.54) is 12.1 Å². The molecule has 17 heavy (non-hydrogen) atoms. The Morgan fingerprint density at radius 3 is 1.35 bits per heavy atom. The van der Waals surface area contributed by atoms with Crippen molar-refractivity contribution in [2.24, 2.45) is 0 Å². The molecule has 2 rings (SSSR count). The van der Waals surface area contributed by atoms with E-state index in [1.54, 1.807) is 38.1 Å². The molecule has 90 valence electrons. The number of rotatable bonds is 1. The average molecular weight is 255 g/mol. The van der Waals surface area contributed by atoms with Gasteiger partial charge in [-0.05, 0) is 37.1 Å². The van der Waals surface area contributed by atoms with E-state index in [2.05, 4.69) is 0 Å². The van der Waals surface area contributed by atoms with Crippen molar-refractivity contribution in [3.05, 3.63) is 59.2 Å². The third-order valence-electron chi connectivity index (χ3n) is 2.54. The first kappa shape index (κ1) is 13.7. The van der Waals surface area contributed by atoms with Crippen molar-refractivity contribution in [1.29, 1.82) is 0 Å². The van der Waals surface area contributed by atoms with Crippen LogP contribution in [-0.2, 0) is 0 Å². The normalized spacial score (nSPS) is 9.88. The van der Waals surface area contributed by atoms with E-state index in [1.807, 2.05) is 0 Å². The van der Waals surface area contributed by atoms with Crippen LogP contribution >= 0.6 is 12.4 Å². The number of aryl methyl sites for hydroxylation is 2. The molecule has 0 fully saturated rings. The molecule has 0 aromatic heterocycles. The fourth-order valence-electron chi connectivity index (χ4n) is 1.68. The number of hydrogen-bond donors (Lipinski definition) is 0. The van der Waals surface area contributed by atoms with E-state index in [-0.39, 0.29) is 24.0 Å². The van der Waals surface area contributed by atoms with Crippen LogP contribution in [0.15, 0.2) is 36.4 Å². The molecule has 3 heteroatoms. The van der Waals surface area contributed by atoms with Gasteiger partial charge in [-0.2, -0.15) is 0 Å². The molecular weight excluding hydrogens is 242 g/mol. The van der Waals surface area contributed by atoms with Crippen molar-refractivity contribution in [3.63, 3.8) is 0 Å². The Balaban J connectivity index is 0.00000144. The molecule has 0 saturated heterocycles. The summed E-state index contributed by atoms with van der Waals surface area (Å²) in [6, 6.07) is 9.59. The zero-order valence-electron chi connectivity index (χ0n) is 9.63. The van der Waals surface area contributed by atoms with Crippen molar-refractivity contribution >= 4 is 12.4 Å². The molecular formula is C14H13ClF2. The van der Waals surface area contributed by atoms with Gasteiger partial charge in [-0.3, -0.25) is 0 Å². The lowest BCUT2D eigenvalue weighted by Crippen LogP contribution is -1.90. The van der Waals surface area contributed by atoms with Gasteiger partial charge in [0.25, 0.3) is 0 Å². The second-order valence-electron chi connectivity index (χ2n) is 3.97. The summed E-state index contributed by atoms with van der Waals surface area (Å²) in [7, 11) is 0. The predicted octanol–water partition coefficient (Wildman–Crippen LogP) is 4.67. The van der Waals surface area contributed by atoms with E-state index >= 15 is 0 Å². The lowest BCUT2D eigenvalue weighted by molar-refractivity contribution is 0.615. The summed E-state index contributed by atoms with van der Waals surface area (Å²) in [5.74, 6) is -0.773. The first-order valence-electron chi connectivity index (χ1n) is 5.10. The highest BCUT2D eigenvalue weighted by Crippen LogP contribution is 2.26. The molecule has 0 bridgehead atoms. The van der Waals surface area contributed by atoms with Gasteiger partial charge in [-0.25, -0.2) is 8.78 Å². The van der Waals surface area contributed by atoms with E-state index in [9.17, 15) is 8.78 Å². The third kappa shape index (κ3) is 2.83. The van der Waals surface area contributed by atoms with Crippen LogP contribution in [0.5, 0.6) is 0 Å². The molecule has 0 aliphatic rings. The van der Waals surface area contributed by atoms with Gasteiger partial charge >= 0.3 is 0 Å². The van der Waals surface area contributed by atoms with Crippen molar-refractivity contribution in [1.82, 2.24) is 0 Å². The number of benzene rings is 2. The molecule has 2 aromatic carbocycles. The first-order valence-corrected chi connectivity index (χ1v) is 5.10. The summed E-state index contributed by atoms with van der Waals surface area (Å²) >= 11 is 0. The van der Waals surface area contributed by atoms with Gasteiger partial charge in [0, 0.05) is 11.1 Å². The quantitative estimate of drug-likeness (QED) is 0.694. The zero-order chi connectivity index (χ0) is 11.7. The fourth-order valence-corrected chi connectivity index (χ4v) is 1.68. The van der Waals surface area contributed by atoms with Crippen LogP contribution in [0, 0.1) is 25.5 Å². The summed E-state index contributed by atoms with van der Waals surface area (Å²) in [5.41, 5.74) is 2.27. The maximum atomic E-state index is 13.7. The topological polar surface area (TPSA) is 0 Å². The zero-order valence-corrected chi connectivity index (χ0v) is 10.4. The summed E-state index contributed by atoms with van der Waals surface area (Å²) in [4.78, 5) is 0. The van der Waals surface area contributed by atoms with E-state index in [0.29, 0.717) is 11.1 Å². The van der Waals surface area contributed by atoms with Gasteiger partial charge in [-0.1, -0.05) is 24.3 Å². The van der Waals surface area contributed by atoms with Gasteiger partial charge in [0.15, 0.2) is 0 Å².